The van der Waals surface area contributed by atoms with E-state index in [0.29, 0.717) is 6.29 Å². The minimum Gasteiger partial charge on any atom is -0.444 e. The van der Waals surface area contributed by atoms with Crippen LogP contribution in [0.15, 0.2) is 0 Å². The van der Waals surface area contributed by atoms with Crippen LogP contribution >= 0.6 is 0 Å². The Morgan fingerprint density at radius 2 is 1.60 bits per heavy atom. The van der Waals surface area contributed by atoms with Gasteiger partial charge in [0.15, 0.2) is 5.78 Å². The van der Waals surface area contributed by atoms with E-state index in [2.05, 4.69) is 10.6 Å². The summed E-state index contributed by atoms with van der Waals surface area (Å²) in [4.78, 5) is 47.1. The number of Topliss-reactive ketones (excluding diaryl/α,β-unsaturated/α-hetero) is 1. The van der Waals surface area contributed by atoms with Crippen molar-refractivity contribution in [2.45, 2.75) is 66.5 Å². The van der Waals surface area contributed by atoms with Gasteiger partial charge >= 0.3 is 6.09 Å². The Kier molecular flexibility index (Phi) is 9.38. The first-order chi connectivity index (χ1) is 11.4. The lowest BCUT2D eigenvalue weighted by molar-refractivity contribution is -0.132. The van der Waals surface area contributed by atoms with Gasteiger partial charge in [0.05, 0.1) is 12.6 Å². The second kappa shape index (κ2) is 10.2. The first kappa shape index (κ1) is 23.1. The van der Waals surface area contributed by atoms with Crippen molar-refractivity contribution < 1.29 is 23.9 Å². The Labute approximate surface area is 150 Å². The summed E-state index contributed by atoms with van der Waals surface area (Å²) in [7, 11) is 0. The average Bonchev–Trinajstić information content (AvgIpc) is 2.45. The van der Waals surface area contributed by atoms with E-state index in [9.17, 15) is 19.2 Å². The molecule has 0 aliphatic heterocycles. The fourth-order valence-electron chi connectivity index (χ4n) is 2.06. The molecule has 0 aromatic heterocycles. The maximum Gasteiger partial charge on any atom is 0.408 e. The molecular formula is C18H32N2O5. The molecule has 0 fully saturated rings. The second-order valence-electron chi connectivity index (χ2n) is 7.86. The van der Waals surface area contributed by atoms with Crippen LogP contribution in [-0.2, 0) is 19.1 Å². The summed E-state index contributed by atoms with van der Waals surface area (Å²) < 4.78 is 5.06. The molecule has 0 rings (SSSR count). The van der Waals surface area contributed by atoms with Crippen molar-refractivity contribution in [1.82, 2.24) is 10.6 Å². The van der Waals surface area contributed by atoms with Crippen molar-refractivity contribution in [2.75, 3.05) is 6.54 Å². The quantitative estimate of drug-likeness (QED) is 0.616. The average molecular weight is 356 g/mol. The van der Waals surface area contributed by atoms with Gasteiger partial charge in [-0.3, -0.25) is 9.59 Å². The van der Waals surface area contributed by atoms with Crippen molar-refractivity contribution in [3.05, 3.63) is 0 Å². The van der Waals surface area contributed by atoms with E-state index in [1.807, 2.05) is 27.7 Å². The topological polar surface area (TPSA) is 102 Å². The molecule has 0 aromatic carbocycles. The number of hydrogen-bond acceptors (Lipinski definition) is 5. The predicted octanol–water partition coefficient (Wildman–Crippen LogP) is 2.08. The van der Waals surface area contributed by atoms with E-state index >= 15 is 0 Å². The van der Waals surface area contributed by atoms with Gasteiger partial charge in [0.2, 0.25) is 5.91 Å². The fourth-order valence-corrected chi connectivity index (χ4v) is 2.06. The number of aldehydes is 1. The number of rotatable bonds is 9. The van der Waals surface area contributed by atoms with Crippen molar-refractivity contribution in [3.63, 3.8) is 0 Å². The molecule has 144 valence electrons. The molecule has 0 aliphatic rings. The molecule has 0 saturated heterocycles. The number of amides is 2. The molecule has 0 aromatic rings. The van der Waals surface area contributed by atoms with E-state index < -0.39 is 23.7 Å². The highest BCUT2D eigenvalue weighted by Gasteiger charge is 2.28. The Bertz CT molecular complexity index is 480. The standard InChI is InChI=1S/C18H32N2O5/c1-11(2)14(16(23)20-15(10-21)12(3)4)8-13(22)9-19-17(24)25-18(5,6)7/h10-12,14-15H,8-9H2,1-7H3,(H,19,24)(H,20,23). The van der Waals surface area contributed by atoms with Crippen molar-refractivity contribution >= 4 is 24.1 Å². The molecule has 7 heteroatoms. The van der Waals surface area contributed by atoms with Gasteiger partial charge in [-0.2, -0.15) is 0 Å². The SMILES string of the molecule is CC(C)C(C=O)NC(=O)C(CC(=O)CNC(=O)OC(C)(C)C)C(C)C. The van der Waals surface area contributed by atoms with Crippen LogP contribution in [0.2, 0.25) is 0 Å². The lowest BCUT2D eigenvalue weighted by Gasteiger charge is -2.24. The number of carbonyl (C=O) groups is 4. The summed E-state index contributed by atoms with van der Waals surface area (Å²) in [5, 5.41) is 5.07. The number of alkyl carbamates (subject to hydrolysis) is 1. The zero-order valence-electron chi connectivity index (χ0n) is 16.3. The van der Waals surface area contributed by atoms with Crippen LogP contribution in [0.1, 0.15) is 54.9 Å². The Balaban J connectivity index is 4.65. The van der Waals surface area contributed by atoms with Crippen molar-refractivity contribution in [1.29, 1.82) is 0 Å². The lowest BCUT2D eigenvalue weighted by Crippen LogP contribution is -2.45. The van der Waals surface area contributed by atoms with E-state index in [1.165, 1.54) is 0 Å². The van der Waals surface area contributed by atoms with Gasteiger partial charge in [-0.05, 0) is 32.6 Å². The first-order valence-corrected chi connectivity index (χ1v) is 8.61. The second-order valence-corrected chi connectivity index (χ2v) is 7.86. The third-order valence-corrected chi connectivity index (χ3v) is 3.59. The van der Waals surface area contributed by atoms with E-state index in [1.54, 1.807) is 20.8 Å². The largest absolute Gasteiger partial charge is 0.444 e. The summed E-state index contributed by atoms with van der Waals surface area (Å²) in [6.07, 6.45) is 0.0154. The zero-order chi connectivity index (χ0) is 19.8. The maximum atomic E-state index is 12.4. The summed E-state index contributed by atoms with van der Waals surface area (Å²) in [5.41, 5.74) is -0.645. The molecule has 0 heterocycles. The highest BCUT2D eigenvalue weighted by molar-refractivity contribution is 5.90. The van der Waals surface area contributed by atoms with Gasteiger partial charge in [0.1, 0.15) is 11.9 Å². The molecule has 0 radical (unpaired) electrons. The number of ether oxygens (including phenoxy) is 1. The van der Waals surface area contributed by atoms with Gasteiger partial charge < -0.3 is 20.2 Å². The van der Waals surface area contributed by atoms with Gasteiger partial charge in [-0.1, -0.05) is 27.7 Å². The Morgan fingerprint density at radius 3 is 2.00 bits per heavy atom. The monoisotopic (exact) mass is 356 g/mol. The molecule has 2 atom stereocenters. The maximum absolute atomic E-state index is 12.4. The summed E-state index contributed by atoms with van der Waals surface area (Å²) in [6.45, 7) is 12.3. The summed E-state index contributed by atoms with van der Waals surface area (Å²) in [5.74, 6) is -1.27. The van der Waals surface area contributed by atoms with Gasteiger partial charge in [0, 0.05) is 12.3 Å². The minimum atomic E-state index is -0.674. The Hall–Kier alpha value is -1.92. The van der Waals surface area contributed by atoms with E-state index in [0.717, 1.165) is 0 Å². The summed E-state index contributed by atoms with van der Waals surface area (Å²) >= 11 is 0. The van der Waals surface area contributed by atoms with Crippen molar-refractivity contribution in [3.8, 4) is 0 Å². The molecule has 2 amide bonds. The highest BCUT2D eigenvalue weighted by atomic mass is 16.6. The van der Waals surface area contributed by atoms with Crippen LogP contribution in [0.5, 0.6) is 0 Å². The van der Waals surface area contributed by atoms with E-state index in [4.69, 9.17) is 4.74 Å². The number of carbonyl (C=O) groups excluding carboxylic acids is 4. The number of nitrogens with one attached hydrogen (secondary N) is 2. The third kappa shape index (κ3) is 9.84. The van der Waals surface area contributed by atoms with Crippen LogP contribution in [0.25, 0.3) is 0 Å². The van der Waals surface area contributed by atoms with Crippen LogP contribution in [-0.4, -0.2) is 42.3 Å². The molecule has 2 unspecified atom stereocenters. The molecular weight excluding hydrogens is 324 g/mol. The zero-order valence-corrected chi connectivity index (χ0v) is 16.3. The molecule has 0 aliphatic carbocycles. The molecule has 0 spiro atoms. The fraction of sp³-hybridized carbons (Fsp3) is 0.778. The normalized spacial score (nSPS) is 14.0. The van der Waals surface area contributed by atoms with Crippen molar-refractivity contribution in [2.24, 2.45) is 17.8 Å². The number of ketones is 1. The van der Waals surface area contributed by atoms with Crippen LogP contribution < -0.4 is 10.6 Å². The van der Waals surface area contributed by atoms with Gasteiger partial charge in [0.25, 0.3) is 0 Å². The molecule has 7 nitrogen and oxygen atoms in total. The third-order valence-electron chi connectivity index (χ3n) is 3.59. The van der Waals surface area contributed by atoms with E-state index in [-0.39, 0.29) is 36.5 Å². The minimum absolute atomic E-state index is 0.0109. The first-order valence-electron chi connectivity index (χ1n) is 8.61. The Morgan fingerprint density at radius 1 is 1.04 bits per heavy atom. The van der Waals surface area contributed by atoms with Gasteiger partial charge in [-0.25, -0.2) is 4.79 Å². The smallest absolute Gasteiger partial charge is 0.408 e. The number of hydrogen-bond donors (Lipinski definition) is 2. The van der Waals surface area contributed by atoms with Crippen LogP contribution in [0.4, 0.5) is 4.79 Å². The molecule has 25 heavy (non-hydrogen) atoms. The summed E-state index contributed by atoms with van der Waals surface area (Å²) in [6, 6.07) is -0.580. The lowest BCUT2D eigenvalue weighted by atomic mass is 9.89. The molecule has 2 N–H and O–H groups in total. The molecule has 0 bridgehead atoms. The molecule has 0 saturated carbocycles. The highest BCUT2D eigenvalue weighted by Crippen LogP contribution is 2.17. The van der Waals surface area contributed by atoms with Crippen LogP contribution in [0.3, 0.4) is 0 Å². The van der Waals surface area contributed by atoms with Crippen LogP contribution in [0, 0.1) is 17.8 Å². The predicted molar refractivity (Wildman–Crippen MR) is 95.0 cm³/mol. The van der Waals surface area contributed by atoms with Gasteiger partial charge in [-0.15, -0.1) is 0 Å².